The normalized spacial score (nSPS) is 11.5. The molecule has 6 heteroatoms. The van der Waals surface area contributed by atoms with Gasteiger partial charge in [-0.05, 0) is 57.2 Å². The van der Waals surface area contributed by atoms with Gasteiger partial charge in [-0.2, -0.15) is 0 Å². The molecule has 0 spiro atoms. The van der Waals surface area contributed by atoms with E-state index in [4.69, 9.17) is 16.3 Å². The minimum atomic E-state index is -0.712. The fourth-order valence-corrected chi connectivity index (χ4v) is 2.65. The fourth-order valence-electron chi connectivity index (χ4n) is 2.47. The third kappa shape index (κ3) is 5.23. The number of rotatable bonds is 7. The monoisotopic (exact) mass is 374 g/mol. The molecule has 0 heterocycles. The van der Waals surface area contributed by atoms with Crippen LogP contribution < -0.4 is 10.1 Å². The van der Waals surface area contributed by atoms with Crippen molar-refractivity contribution in [1.29, 1.82) is 0 Å². The van der Waals surface area contributed by atoms with Gasteiger partial charge in [-0.15, -0.1) is 0 Å². The van der Waals surface area contributed by atoms with Crippen molar-refractivity contribution in [3.63, 3.8) is 0 Å². The van der Waals surface area contributed by atoms with Gasteiger partial charge in [0, 0.05) is 29.4 Å². The number of nitrogens with zero attached hydrogens (tertiary/aromatic N) is 1. The van der Waals surface area contributed by atoms with Crippen molar-refractivity contribution < 1.29 is 14.3 Å². The van der Waals surface area contributed by atoms with E-state index in [1.807, 2.05) is 13.8 Å². The number of hydrogen-bond acceptors (Lipinski definition) is 3. The standard InChI is InChI=1S/C20H23ClN2O3/c1-4-23(5-2)20(25)15-8-6-10-17(12-15)22-19(24)14(3)26-18-11-7-9-16(21)13-18/h6-14H,4-5H2,1-3H3,(H,22,24). The van der Waals surface area contributed by atoms with Crippen molar-refractivity contribution in [3.05, 3.63) is 59.1 Å². The van der Waals surface area contributed by atoms with E-state index in [1.54, 1.807) is 60.4 Å². The van der Waals surface area contributed by atoms with Gasteiger partial charge in [0.15, 0.2) is 6.10 Å². The summed E-state index contributed by atoms with van der Waals surface area (Å²) < 4.78 is 5.61. The molecule has 0 aliphatic heterocycles. The highest BCUT2D eigenvalue weighted by Gasteiger charge is 2.17. The summed E-state index contributed by atoms with van der Waals surface area (Å²) in [6.45, 7) is 6.79. The number of nitrogens with one attached hydrogen (secondary N) is 1. The van der Waals surface area contributed by atoms with Gasteiger partial charge >= 0.3 is 0 Å². The van der Waals surface area contributed by atoms with Crippen molar-refractivity contribution in [1.82, 2.24) is 4.90 Å². The number of carbonyl (C=O) groups is 2. The van der Waals surface area contributed by atoms with Crippen LogP contribution in [0.4, 0.5) is 5.69 Å². The molecule has 0 radical (unpaired) electrons. The molecule has 2 aromatic carbocycles. The summed E-state index contributed by atoms with van der Waals surface area (Å²) in [5, 5.41) is 3.32. The van der Waals surface area contributed by atoms with E-state index < -0.39 is 6.10 Å². The highest BCUT2D eigenvalue weighted by atomic mass is 35.5. The molecule has 0 saturated carbocycles. The summed E-state index contributed by atoms with van der Waals surface area (Å²) in [5.74, 6) is 0.150. The lowest BCUT2D eigenvalue weighted by atomic mass is 10.1. The van der Waals surface area contributed by atoms with Crippen LogP contribution in [-0.4, -0.2) is 35.9 Å². The predicted molar refractivity (Wildman–Crippen MR) is 104 cm³/mol. The van der Waals surface area contributed by atoms with E-state index in [2.05, 4.69) is 5.32 Å². The second kappa shape index (κ2) is 9.25. The Labute approximate surface area is 158 Å². The van der Waals surface area contributed by atoms with Crippen molar-refractivity contribution in [2.75, 3.05) is 18.4 Å². The Morgan fingerprint density at radius 2 is 1.81 bits per heavy atom. The molecule has 1 unspecified atom stereocenters. The van der Waals surface area contributed by atoms with Gasteiger partial charge in [-0.25, -0.2) is 0 Å². The summed E-state index contributed by atoms with van der Waals surface area (Å²) >= 11 is 5.92. The first-order chi connectivity index (χ1) is 12.4. The summed E-state index contributed by atoms with van der Waals surface area (Å²) in [5.41, 5.74) is 1.09. The van der Waals surface area contributed by atoms with Gasteiger partial charge in [0.2, 0.25) is 0 Å². The molecule has 0 saturated heterocycles. The molecule has 1 N–H and O–H groups in total. The lowest BCUT2D eigenvalue weighted by Gasteiger charge is -2.19. The van der Waals surface area contributed by atoms with Crippen LogP contribution in [0.1, 0.15) is 31.1 Å². The molecule has 0 fully saturated rings. The summed E-state index contributed by atoms with van der Waals surface area (Å²) in [6.07, 6.45) is -0.712. The topological polar surface area (TPSA) is 58.6 Å². The quantitative estimate of drug-likeness (QED) is 0.789. The van der Waals surface area contributed by atoms with Gasteiger partial charge in [-0.1, -0.05) is 23.7 Å². The lowest BCUT2D eigenvalue weighted by Crippen LogP contribution is -2.31. The van der Waals surface area contributed by atoms with Crippen LogP contribution in [-0.2, 0) is 4.79 Å². The Bertz CT molecular complexity index is 775. The van der Waals surface area contributed by atoms with Crippen LogP contribution in [0.15, 0.2) is 48.5 Å². The fraction of sp³-hybridized carbons (Fsp3) is 0.300. The lowest BCUT2D eigenvalue weighted by molar-refractivity contribution is -0.122. The number of hydrogen-bond donors (Lipinski definition) is 1. The summed E-state index contributed by atoms with van der Waals surface area (Å²) in [6, 6.07) is 13.8. The molecule has 0 aliphatic carbocycles. The zero-order valence-electron chi connectivity index (χ0n) is 15.2. The molecular weight excluding hydrogens is 352 g/mol. The number of anilines is 1. The van der Waals surface area contributed by atoms with Crippen LogP contribution >= 0.6 is 11.6 Å². The van der Waals surface area contributed by atoms with E-state index in [0.29, 0.717) is 35.1 Å². The van der Waals surface area contributed by atoms with E-state index in [9.17, 15) is 9.59 Å². The highest BCUT2D eigenvalue weighted by molar-refractivity contribution is 6.30. The van der Waals surface area contributed by atoms with Crippen LogP contribution in [0.2, 0.25) is 5.02 Å². The number of amides is 2. The van der Waals surface area contributed by atoms with Gasteiger partial charge in [-0.3, -0.25) is 9.59 Å². The first kappa shape index (κ1) is 19.8. The van der Waals surface area contributed by atoms with Gasteiger partial charge < -0.3 is 15.0 Å². The van der Waals surface area contributed by atoms with Gasteiger partial charge in [0.1, 0.15) is 5.75 Å². The number of ether oxygens (including phenoxy) is 1. The minimum Gasteiger partial charge on any atom is -0.481 e. The largest absolute Gasteiger partial charge is 0.481 e. The predicted octanol–water partition coefficient (Wildman–Crippen LogP) is 4.23. The molecule has 2 amide bonds. The zero-order valence-corrected chi connectivity index (χ0v) is 15.9. The molecular formula is C20H23ClN2O3. The molecule has 0 bridgehead atoms. The van der Waals surface area contributed by atoms with E-state index in [0.717, 1.165) is 0 Å². The highest BCUT2D eigenvalue weighted by Crippen LogP contribution is 2.19. The average molecular weight is 375 g/mol. The maximum atomic E-state index is 12.4. The number of benzene rings is 2. The molecule has 0 aliphatic rings. The maximum Gasteiger partial charge on any atom is 0.265 e. The maximum absolute atomic E-state index is 12.4. The summed E-state index contributed by atoms with van der Waals surface area (Å²) in [4.78, 5) is 26.5. The summed E-state index contributed by atoms with van der Waals surface area (Å²) in [7, 11) is 0. The molecule has 138 valence electrons. The smallest absolute Gasteiger partial charge is 0.265 e. The van der Waals surface area contributed by atoms with Crippen molar-refractivity contribution >= 4 is 29.1 Å². The Morgan fingerprint density at radius 1 is 1.12 bits per heavy atom. The minimum absolute atomic E-state index is 0.0608. The molecule has 2 rings (SSSR count). The SMILES string of the molecule is CCN(CC)C(=O)c1cccc(NC(=O)C(C)Oc2cccc(Cl)c2)c1. The zero-order chi connectivity index (χ0) is 19.1. The Balaban J connectivity index is 2.04. The first-order valence-electron chi connectivity index (χ1n) is 8.57. The Kier molecular flexibility index (Phi) is 7.04. The molecule has 2 aromatic rings. The van der Waals surface area contributed by atoms with Crippen LogP contribution in [0.25, 0.3) is 0 Å². The average Bonchev–Trinajstić information content (AvgIpc) is 2.62. The number of carbonyl (C=O) groups excluding carboxylic acids is 2. The second-order valence-electron chi connectivity index (χ2n) is 5.76. The van der Waals surface area contributed by atoms with Gasteiger partial charge in [0.05, 0.1) is 0 Å². The Hall–Kier alpha value is -2.53. The van der Waals surface area contributed by atoms with Gasteiger partial charge in [0.25, 0.3) is 11.8 Å². The molecule has 0 aromatic heterocycles. The number of halogens is 1. The second-order valence-corrected chi connectivity index (χ2v) is 6.20. The van der Waals surface area contributed by atoms with E-state index in [-0.39, 0.29) is 11.8 Å². The van der Waals surface area contributed by atoms with Crippen LogP contribution in [0.3, 0.4) is 0 Å². The first-order valence-corrected chi connectivity index (χ1v) is 8.94. The van der Waals surface area contributed by atoms with Crippen LogP contribution in [0, 0.1) is 0 Å². The third-order valence-electron chi connectivity index (χ3n) is 3.91. The molecule has 1 atom stereocenters. The molecule has 26 heavy (non-hydrogen) atoms. The molecule has 5 nitrogen and oxygen atoms in total. The third-order valence-corrected chi connectivity index (χ3v) is 4.14. The Morgan fingerprint density at radius 3 is 2.46 bits per heavy atom. The van der Waals surface area contributed by atoms with E-state index in [1.165, 1.54) is 0 Å². The van der Waals surface area contributed by atoms with Crippen LogP contribution in [0.5, 0.6) is 5.75 Å². The van der Waals surface area contributed by atoms with Crippen molar-refractivity contribution in [2.45, 2.75) is 26.9 Å². The van der Waals surface area contributed by atoms with Crippen molar-refractivity contribution in [3.8, 4) is 5.75 Å². The van der Waals surface area contributed by atoms with E-state index >= 15 is 0 Å². The van der Waals surface area contributed by atoms with Crippen molar-refractivity contribution in [2.24, 2.45) is 0 Å².